The van der Waals surface area contributed by atoms with Crippen molar-refractivity contribution in [3.63, 3.8) is 0 Å². The van der Waals surface area contributed by atoms with Gasteiger partial charge in [0, 0.05) is 58.2 Å². The molecule has 3 heterocycles. The predicted octanol–water partition coefficient (Wildman–Crippen LogP) is 2.00. The fourth-order valence-electron chi connectivity index (χ4n) is 4.53. The van der Waals surface area contributed by atoms with E-state index in [4.69, 9.17) is 4.74 Å². The summed E-state index contributed by atoms with van der Waals surface area (Å²) in [6, 6.07) is 8.32. The smallest absolute Gasteiger partial charge is 0.223 e. The molecule has 0 bridgehead atoms. The Morgan fingerprint density at radius 1 is 1.22 bits per heavy atom. The minimum Gasteiger partial charge on any atom is -0.381 e. The summed E-state index contributed by atoms with van der Waals surface area (Å²) in [6.07, 6.45) is 3.75. The van der Waals surface area contributed by atoms with Gasteiger partial charge >= 0.3 is 0 Å². The van der Waals surface area contributed by atoms with Gasteiger partial charge in [0.1, 0.15) is 0 Å². The van der Waals surface area contributed by atoms with Crippen LogP contribution in [0.25, 0.3) is 0 Å². The van der Waals surface area contributed by atoms with Crippen molar-refractivity contribution in [2.75, 3.05) is 39.9 Å². The summed E-state index contributed by atoms with van der Waals surface area (Å²) in [5.74, 6) is 1.20. The van der Waals surface area contributed by atoms with Gasteiger partial charge in [0.05, 0.1) is 6.61 Å². The van der Waals surface area contributed by atoms with Crippen molar-refractivity contribution in [2.45, 2.75) is 38.8 Å². The molecule has 2 saturated heterocycles. The number of fused-ring (bicyclic) bond motifs is 1. The van der Waals surface area contributed by atoms with Gasteiger partial charge in [0.15, 0.2) is 5.96 Å². The Hall–Kier alpha value is -2.08. The van der Waals surface area contributed by atoms with Crippen LogP contribution in [0.15, 0.2) is 29.3 Å². The first kappa shape index (κ1) is 18.3. The molecular weight excluding hydrogens is 340 g/mol. The molecule has 3 aliphatic rings. The van der Waals surface area contributed by atoms with Crippen LogP contribution < -0.4 is 5.32 Å². The van der Waals surface area contributed by atoms with E-state index in [1.807, 2.05) is 24.1 Å². The molecule has 3 aliphatic heterocycles. The van der Waals surface area contributed by atoms with Crippen molar-refractivity contribution in [1.29, 1.82) is 0 Å². The van der Waals surface area contributed by atoms with E-state index in [1.165, 1.54) is 17.5 Å². The van der Waals surface area contributed by atoms with Crippen molar-refractivity contribution in [3.05, 3.63) is 35.4 Å². The van der Waals surface area contributed by atoms with E-state index < -0.39 is 0 Å². The zero-order chi connectivity index (χ0) is 18.7. The van der Waals surface area contributed by atoms with Crippen LogP contribution in [0.1, 0.15) is 36.8 Å². The van der Waals surface area contributed by atoms with E-state index in [1.54, 1.807) is 0 Å². The molecule has 1 atom stereocenters. The van der Waals surface area contributed by atoms with E-state index >= 15 is 0 Å². The van der Waals surface area contributed by atoms with Crippen LogP contribution in [0.5, 0.6) is 0 Å². The van der Waals surface area contributed by atoms with Gasteiger partial charge in [-0.3, -0.25) is 9.79 Å². The van der Waals surface area contributed by atoms with Gasteiger partial charge < -0.3 is 19.9 Å². The highest BCUT2D eigenvalue weighted by molar-refractivity contribution is 5.80. The van der Waals surface area contributed by atoms with E-state index in [9.17, 15) is 4.79 Å². The van der Waals surface area contributed by atoms with Crippen LogP contribution in [-0.4, -0.2) is 61.6 Å². The second-order valence-electron chi connectivity index (χ2n) is 8.07. The fourth-order valence-corrected chi connectivity index (χ4v) is 4.53. The van der Waals surface area contributed by atoms with Crippen LogP contribution >= 0.6 is 0 Å². The largest absolute Gasteiger partial charge is 0.381 e. The number of carbonyl (C=O) groups is 1. The number of likely N-dealkylation sites (tertiary alicyclic amines) is 1. The molecule has 6 heteroatoms. The minimum absolute atomic E-state index is 0.242. The van der Waals surface area contributed by atoms with E-state index in [0.717, 1.165) is 64.7 Å². The molecule has 0 saturated carbocycles. The Kier molecular flexibility index (Phi) is 5.34. The molecule has 1 amide bonds. The minimum atomic E-state index is 0.242. The van der Waals surface area contributed by atoms with Crippen LogP contribution in [0.2, 0.25) is 0 Å². The van der Waals surface area contributed by atoms with Gasteiger partial charge in [-0.1, -0.05) is 24.3 Å². The van der Waals surface area contributed by atoms with Crippen LogP contribution in [0, 0.1) is 5.41 Å². The lowest BCUT2D eigenvalue weighted by Gasteiger charge is -2.25. The second kappa shape index (κ2) is 7.89. The van der Waals surface area contributed by atoms with Crippen LogP contribution in [0.3, 0.4) is 0 Å². The SMILES string of the molecule is CN=C(NCCCC(=O)N1Cc2ccccc2C1)N1CCC2(CCOC2)C1. The average Bonchev–Trinajstić information content (AvgIpc) is 3.42. The zero-order valence-corrected chi connectivity index (χ0v) is 16.2. The summed E-state index contributed by atoms with van der Waals surface area (Å²) in [4.78, 5) is 21.2. The summed E-state index contributed by atoms with van der Waals surface area (Å²) < 4.78 is 5.61. The first-order valence-electron chi connectivity index (χ1n) is 10.1. The van der Waals surface area contributed by atoms with Crippen molar-refractivity contribution >= 4 is 11.9 Å². The lowest BCUT2D eigenvalue weighted by atomic mass is 9.87. The third-order valence-corrected chi connectivity index (χ3v) is 6.18. The zero-order valence-electron chi connectivity index (χ0n) is 16.2. The summed E-state index contributed by atoms with van der Waals surface area (Å²) in [6.45, 7) is 6.12. The normalized spacial score (nSPS) is 24.7. The van der Waals surface area contributed by atoms with Gasteiger partial charge in [-0.15, -0.1) is 0 Å². The number of guanidine groups is 1. The van der Waals surface area contributed by atoms with E-state index in [0.29, 0.717) is 11.8 Å². The number of nitrogens with zero attached hydrogens (tertiary/aromatic N) is 3. The number of benzene rings is 1. The summed E-state index contributed by atoms with van der Waals surface area (Å²) in [5, 5.41) is 3.45. The molecule has 1 N–H and O–H groups in total. The lowest BCUT2D eigenvalue weighted by molar-refractivity contribution is -0.131. The maximum absolute atomic E-state index is 12.5. The molecule has 0 aromatic heterocycles. The van der Waals surface area contributed by atoms with Gasteiger partial charge in [-0.05, 0) is 30.4 Å². The van der Waals surface area contributed by atoms with Gasteiger partial charge in [-0.25, -0.2) is 0 Å². The fraction of sp³-hybridized carbons (Fsp3) is 0.619. The number of carbonyl (C=O) groups excluding carboxylic acids is 1. The molecule has 4 rings (SSSR count). The van der Waals surface area contributed by atoms with Crippen molar-refractivity contribution < 1.29 is 9.53 Å². The van der Waals surface area contributed by atoms with E-state index in [-0.39, 0.29) is 5.91 Å². The molecule has 1 spiro atoms. The summed E-state index contributed by atoms with van der Waals surface area (Å²) in [5.41, 5.74) is 2.89. The van der Waals surface area contributed by atoms with Crippen LogP contribution in [0.4, 0.5) is 0 Å². The molecule has 27 heavy (non-hydrogen) atoms. The molecule has 0 aliphatic carbocycles. The molecule has 2 fully saturated rings. The summed E-state index contributed by atoms with van der Waals surface area (Å²) in [7, 11) is 1.84. The number of hydrogen-bond donors (Lipinski definition) is 1. The van der Waals surface area contributed by atoms with Gasteiger partial charge in [0.25, 0.3) is 0 Å². The number of rotatable bonds is 4. The maximum Gasteiger partial charge on any atom is 0.223 e. The van der Waals surface area contributed by atoms with E-state index in [2.05, 4.69) is 27.3 Å². The van der Waals surface area contributed by atoms with Crippen molar-refractivity contribution in [1.82, 2.24) is 15.1 Å². The van der Waals surface area contributed by atoms with Gasteiger partial charge in [-0.2, -0.15) is 0 Å². The Morgan fingerprint density at radius 2 is 2.00 bits per heavy atom. The van der Waals surface area contributed by atoms with Crippen molar-refractivity contribution in [2.24, 2.45) is 10.4 Å². The monoisotopic (exact) mass is 370 g/mol. The molecular formula is C21H30N4O2. The highest BCUT2D eigenvalue weighted by Gasteiger charge is 2.42. The van der Waals surface area contributed by atoms with Crippen molar-refractivity contribution in [3.8, 4) is 0 Å². The summed E-state index contributed by atoms with van der Waals surface area (Å²) >= 11 is 0. The predicted molar refractivity (Wildman–Crippen MR) is 105 cm³/mol. The Morgan fingerprint density at radius 3 is 2.67 bits per heavy atom. The maximum atomic E-state index is 12.5. The first-order valence-corrected chi connectivity index (χ1v) is 10.1. The third-order valence-electron chi connectivity index (χ3n) is 6.18. The number of aliphatic imine (C=N–C) groups is 1. The molecule has 1 unspecified atom stereocenters. The third kappa shape index (κ3) is 3.95. The van der Waals surface area contributed by atoms with Gasteiger partial charge in [0.2, 0.25) is 5.91 Å². The second-order valence-corrected chi connectivity index (χ2v) is 8.07. The first-order chi connectivity index (χ1) is 13.2. The molecule has 1 aromatic rings. The quantitative estimate of drug-likeness (QED) is 0.500. The number of ether oxygens (including phenoxy) is 1. The Labute approximate surface area is 161 Å². The Balaban J connectivity index is 1.19. The molecule has 1 aromatic carbocycles. The molecule has 0 radical (unpaired) electrons. The lowest BCUT2D eigenvalue weighted by Crippen LogP contribution is -2.42. The van der Waals surface area contributed by atoms with Crippen LogP contribution in [-0.2, 0) is 22.6 Å². The Bertz CT molecular complexity index is 687. The number of amides is 1. The highest BCUT2D eigenvalue weighted by atomic mass is 16.5. The number of nitrogens with one attached hydrogen (secondary N) is 1. The topological polar surface area (TPSA) is 57.2 Å². The molecule has 6 nitrogen and oxygen atoms in total. The standard InChI is InChI=1S/C21H30N4O2/c1-22-20(24-11-8-21(15-24)9-12-27-16-21)23-10-4-7-19(26)25-13-17-5-2-3-6-18(17)14-25/h2-3,5-6H,4,7-16H2,1H3,(H,22,23). The average molecular weight is 370 g/mol. The number of hydrogen-bond acceptors (Lipinski definition) is 3. The highest BCUT2D eigenvalue weighted by Crippen LogP contribution is 2.38. The molecule has 146 valence electrons.